The van der Waals surface area contributed by atoms with Gasteiger partial charge in [-0.1, -0.05) is 41.9 Å². The Morgan fingerprint density at radius 3 is 2.47 bits per heavy atom. The standard InChI is InChI=1S/C13H10ClN/c14-13-7-2-1-5-11(13)8-9-12-6-3-4-10-15-12/h1-10H. The molecule has 0 unspecified atom stereocenters. The number of nitrogens with zero attached hydrogens (tertiary/aromatic N) is 1. The van der Waals surface area contributed by atoms with Crippen molar-refractivity contribution in [1.29, 1.82) is 0 Å². The first-order valence-corrected chi connectivity index (χ1v) is 5.08. The predicted octanol–water partition coefficient (Wildman–Crippen LogP) is 3.91. The van der Waals surface area contributed by atoms with E-state index in [-0.39, 0.29) is 0 Å². The minimum atomic E-state index is 0.754. The number of hydrogen-bond acceptors (Lipinski definition) is 1. The number of rotatable bonds is 2. The van der Waals surface area contributed by atoms with Crippen LogP contribution in [-0.4, -0.2) is 4.98 Å². The zero-order valence-corrected chi connectivity index (χ0v) is 8.85. The van der Waals surface area contributed by atoms with E-state index >= 15 is 0 Å². The molecule has 0 bridgehead atoms. The van der Waals surface area contributed by atoms with E-state index < -0.39 is 0 Å². The van der Waals surface area contributed by atoms with Gasteiger partial charge in [0.1, 0.15) is 0 Å². The van der Waals surface area contributed by atoms with Gasteiger partial charge in [0, 0.05) is 11.2 Å². The summed E-state index contributed by atoms with van der Waals surface area (Å²) in [5.41, 5.74) is 1.93. The molecule has 0 N–H and O–H groups in total. The summed E-state index contributed by atoms with van der Waals surface area (Å²) in [6.45, 7) is 0. The van der Waals surface area contributed by atoms with Crippen molar-refractivity contribution in [3.8, 4) is 0 Å². The second kappa shape index (κ2) is 4.76. The molecule has 2 aromatic rings. The summed E-state index contributed by atoms with van der Waals surface area (Å²) >= 11 is 6.02. The Bertz CT molecular complexity index is 463. The molecule has 2 heteroatoms. The summed E-state index contributed by atoms with van der Waals surface area (Å²) in [7, 11) is 0. The average Bonchev–Trinajstić information content (AvgIpc) is 2.29. The minimum absolute atomic E-state index is 0.754. The zero-order valence-electron chi connectivity index (χ0n) is 8.10. The topological polar surface area (TPSA) is 12.9 Å². The lowest BCUT2D eigenvalue weighted by Crippen LogP contribution is -1.77. The molecular formula is C13H10ClN. The van der Waals surface area contributed by atoms with Crippen molar-refractivity contribution in [2.75, 3.05) is 0 Å². The lowest BCUT2D eigenvalue weighted by Gasteiger charge is -1.96. The molecule has 0 amide bonds. The van der Waals surface area contributed by atoms with E-state index in [1.165, 1.54) is 0 Å². The van der Waals surface area contributed by atoms with Crippen LogP contribution in [0, 0.1) is 0 Å². The van der Waals surface area contributed by atoms with Crippen LogP contribution in [0.3, 0.4) is 0 Å². The molecule has 0 radical (unpaired) electrons. The van der Waals surface area contributed by atoms with Gasteiger partial charge in [-0.15, -0.1) is 0 Å². The van der Waals surface area contributed by atoms with Crippen LogP contribution in [0.25, 0.3) is 12.2 Å². The van der Waals surface area contributed by atoms with Crippen molar-refractivity contribution in [2.24, 2.45) is 0 Å². The highest BCUT2D eigenvalue weighted by Crippen LogP contribution is 2.17. The first-order chi connectivity index (χ1) is 7.36. The molecule has 1 aromatic heterocycles. The summed E-state index contributed by atoms with van der Waals surface area (Å²) in [6, 6.07) is 13.5. The molecule has 74 valence electrons. The van der Waals surface area contributed by atoms with Gasteiger partial charge in [-0.3, -0.25) is 4.98 Å². The molecule has 0 saturated heterocycles. The normalized spacial score (nSPS) is 10.7. The Kier molecular flexibility index (Phi) is 3.15. The van der Waals surface area contributed by atoms with Crippen molar-refractivity contribution in [3.05, 3.63) is 64.9 Å². The maximum atomic E-state index is 6.02. The van der Waals surface area contributed by atoms with E-state index in [2.05, 4.69) is 4.98 Å². The molecule has 0 atom stereocenters. The highest BCUT2D eigenvalue weighted by Gasteiger charge is 1.93. The molecule has 1 aromatic carbocycles. The molecule has 2 rings (SSSR count). The highest BCUT2D eigenvalue weighted by atomic mass is 35.5. The Balaban J connectivity index is 2.23. The lowest BCUT2D eigenvalue weighted by molar-refractivity contribution is 1.30. The fourth-order valence-corrected chi connectivity index (χ4v) is 1.46. The third kappa shape index (κ3) is 2.67. The third-order valence-corrected chi connectivity index (χ3v) is 2.37. The van der Waals surface area contributed by atoms with Crippen LogP contribution in [-0.2, 0) is 0 Å². The quantitative estimate of drug-likeness (QED) is 0.740. The van der Waals surface area contributed by atoms with E-state index in [4.69, 9.17) is 11.6 Å². The van der Waals surface area contributed by atoms with Crippen molar-refractivity contribution in [3.63, 3.8) is 0 Å². The SMILES string of the molecule is Clc1ccccc1C=Cc1ccccn1. The fraction of sp³-hybridized carbons (Fsp3) is 0. The largest absolute Gasteiger partial charge is 0.257 e. The summed E-state index contributed by atoms with van der Waals surface area (Å²) in [6.07, 6.45) is 5.68. The van der Waals surface area contributed by atoms with Crippen LogP contribution >= 0.6 is 11.6 Å². The minimum Gasteiger partial charge on any atom is -0.257 e. The maximum Gasteiger partial charge on any atom is 0.0629 e. The molecule has 0 spiro atoms. The monoisotopic (exact) mass is 215 g/mol. The van der Waals surface area contributed by atoms with Crippen molar-refractivity contribution in [1.82, 2.24) is 4.98 Å². The van der Waals surface area contributed by atoms with E-state index in [1.54, 1.807) is 6.20 Å². The molecular weight excluding hydrogens is 206 g/mol. The molecule has 1 nitrogen and oxygen atoms in total. The van der Waals surface area contributed by atoms with Gasteiger partial charge in [-0.2, -0.15) is 0 Å². The average molecular weight is 216 g/mol. The van der Waals surface area contributed by atoms with Crippen molar-refractivity contribution in [2.45, 2.75) is 0 Å². The summed E-state index contributed by atoms with van der Waals surface area (Å²) < 4.78 is 0. The van der Waals surface area contributed by atoms with E-state index in [9.17, 15) is 0 Å². The van der Waals surface area contributed by atoms with Crippen LogP contribution < -0.4 is 0 Å². The maximum absolute atomic E-state index is 6.02. The van der Waals surface area contributed by atoms with E-state index in [0.717, 1.165) is 16.3 Å². The van der Waals surface area contributed by atoms with E-state index in [0.29, 0.717) is 0 Å². The lowest BCUT2D eigenvalue weighted by atomic mass is 10.2. The van der Waals surface area contributed by atoms with Gasteiger partial charge in [0.25, 0.3) is 0 Å². The number of aromatic nitrogens is 1. The zero-order chi connectivity index (χ0) is 10.5. The van der Waals surface area contributed by atoms with Crippen LogP contribution in [0.4, 0.5) is 0 Å². The fourth-order valence-electron chi connectivity index (χ4n) is 1.26. The van der Waals surface area contributed by atoms with Crippen molar-refractivity contribution < 1.29 is 0 Å². The van der Waals surface area contributed by atoms with Gasteiger partial charge in [-0.05, 0) is 29.8 Å². The second-order valence-corrected chi connectivity index (χ2v) is 3.52. The molecule has 0 aliphatic carbocycles. The van der Waals surface area contributed by atoms with Gasteiger partial charge >= 0.3 is 0 Å². The first-order valence-electron chi connectivity index (χ1n) is 4.70. The second-order valence-electron chi connectivity index (χ2n) is 3.11. The third-order valence-electron chi connectivity index (χ3n) is 2.03. The Hall–Kier alpha value is -1.60. The summed E-state index contributed by atoms with van der Waals surface area (Å²) in [5, 5.41) is 0.754. The van der Waals surface area contributed by atoms with Crippen LogP contribution in [0.1, 0.15) is 11.3 Å². The number of pyridine rings is 1. The number of hydrogen-bond donors (Lipinski definition) is 0. The molecule has 0 saturated carbocycles. The number of halogens is 1. The van der Waals surface area contributed by atoms with Crippen molar-refractivity contribution >= 4 is 23.8 Å². The molecule has 0 aliphatic heterocycles. The van der Waals surface area contributed by atoms with E-state index in [1.807, 2.05) is 54.6 Å². The molecule has 0 aliphatic rings. The highest BCUT2D eigenvalue weighted by molar-refractivity contribution is 6.32. The van der Waals surface area contributed by atoms with Gasteiger partial charge in [0.15, 0.2) is 0 Å². The molecule has 1 heterocycles. The molecule has 15 heavy (non-hydrogen) atoms. The summed E-state index contributed by atoms with van der Waals surface area (Å²) in [5.74, 6) is 0. The van der Waals surface area contributed by atoms with Gasteiger partial charge in [0.2, 0.25) is 0 Å². The molecule has 0 fully saturated rings. The summed E-state index contributed by atoms with van der Waals surface area (Å²) in [4.78, 5) is 4.19. The van der Waals surface area contributed by atoms with Gasteiger partial charge in [-0.25, -0.2) is 0 Å². The Morgan fingerprint density at radius 2 is 1.73 bits per heavy atom. The van der Waals surface area contributed by atoms with Crippen LogP contribution in [0.15, 0.2) is 48.7 Å². The van der Waals surface area contributed by atoms with Gasteiger partial charge in [0.05, 0.1) is 5.69 Å². The van der Waals surface area contributed by atoms with Crippen LogP contribution in [0.2, 0.25) is 5.02 Å². The van der Waals surface area contributed by atoms with Gasteiger partial charge < -0.3 is 0 Å². The predicted molar refractivity (Wildman–Crippen MR) is 64.6 cm³/mol. The number of benzene rings is 1. The van der Waals surface area contributed by atoms with Crippen LogP contribution in [0.5, 0.6) is 0 Å². The smallest absolute Gasteiger partial charge is 0.0629 e. The Labute approximate surface area is 94.1 Å². The Morgan fingerprint density at radius 1 is 0.933 bits per heavy atom. The first kappa shape index (κ1) is 9.94.